The number of likely N-dealkylation sites (tertiary alicyclic amines) is 1. The highest BCUT2D eigenvalue weighted by atomic mass is 35.5. The third-order valence-corrected chi connectivity index (χ3v) is 15.7. The van der Waals surface area contributed by atoms with Gasteiger partial charge in [-0.1, -0.05) is 74.0 Å². The van der Waals surface area contributed by atoms with Gasteiger partial charge in [-0.25, -0.2) is 14.4 Å². The van der Waals surface area contributed by atoms with Crippen molar-refractivity contribution in [2.75, 3.05) is 89.5 Å². The van der Waals surface area contributed by atoms with E-state index in [9.17, 15) is 29.4 Å². The standard InChI is InChI=1S/C57H64ClFN10O9S/c1-33(2)49(56(75)69-31-40(72)27-45(69)55(74)60-30-36-11-13-37(14-12-36)53-34(3)61-32-79-53)46-29-47(64-78-46)77-24-23-76-22-21-68(16-15-48(73)65(5)6)57-62-52-43(54(63-57)67-19-17-66(18-20-67)35(4)70)28-44(58)50(51(52)59)42-26-39(71)25-38-9-7-8-10-41(38)42/h7-14,25-26,28-29,32-33,40,45,49,71-72H,15-24,27,30-31H2,1-6H3,(H,60,74)/t40-,45+,49-/m1/s1. The van der Waals surface area contributed by atoms with Crippen molar-refractivity contribution in [1.29, 1.82) is 0 Å². The number of hydrogen-bond donors (Lipinski definition) is 3. The molecule has 2 saturated heterocycles. The van der Waals surface area contributed by atoms with Crippen LogP contribution in [0.5, 0.6) is 11.6 Å². The number of aliphatic hydroxyl groups excluding tert-OH is 1. The zero-order valence-corrected chi connectivity index (χ0v) is 46.5. The molecule has 5 heterocycles. The highest BCUT2D eigenvalue weighted by Gasteiger charge is 2.43. The fraction of sp³-hybridized carbons (Fsp3) is 0.404. The Labute approximate surface area is 465 Å². The van der Waals surface area contributed by atoms with E-state index in [1.54, 1.807) is 53.4 Å². The molecule has 0 spiro atoms. The quantitative estimate of drug-likeness (QED) is 0.0632. The third kappa shape index (κ3) is 12.7. The van der Waals surface area contributed by atoms with Crippen LogP contribution in [0.15, 0.2) is 82.8 Å². The molecule has 0 aliphatic carbocycles. The summed E-state index contributed by atoms with van der Waals surface area (Å²) in [5.74, 6) is -1.94. The Kier molecular flexibility index (Phi) is 17.6. The molecule has 4 aromatic carbocycles. The van der Waals surface area contributed by atoms with Gasteiger partial charge in [-0.05, 0) is 63.7 Å². The number of piperazine rings is 1. The topological polar surface area (TPSA) is 220 Å². The number of halogens is 2. The van der Waals surface area contributed by atoms with Gasteiger partial charge in [0, 0.05) is 103 Å². The van der Waals surface area contributed by atoms with Gasteiger partial charge < -0.3 is 54.0 Å². The second kappa shape index (κ2) is 24.7. The van der Waals surface area contributed by atoms with Crippen molar-refractivity contribution in [3.63, 3.8) is 0 Å². The number of aliphatic hydroxyl groups is 1. The molecule has 9 rings (SSSR count). The van der Waals surface area contributed by atoms with Gasteiger partial charge in [-0.3, -0.25) is 19.2 Å². The number of β-amino-alcohol motifs (C(OH)–C–C–N with tert-alkyl or cyclic N) is 1. The van der Waals surface area contributed by atoms with E-state index in [0.717, 1.165) is 21.7 Å². The van der Waals surface area contributed by atoms with E-state index in [1.807, 2.05) is 79.7 Å². The Bertz CT molecular complexity index is 3350. The first-order valence-electron chi connectivity index (χ1n) is 26.3. The molecule has 0 unspecified atom stereocenters. The molecule has 7 aromatic rings. The SMILES string of the molecule is CC(=O)N1CCN(c2nc(N(CCOCCOc3cc([C@H](C(=O)N4C[C@H](O)C[C@H]4C(=O)NCc4ccc(-c5scnc5C)cc4)C(C)C)on3)CCC(=O)N(C)C)nc3c(F)c(-c4cc(O)cc5ccccc45)c(Cl)cc23)CC1. The summed E-state index contributed by atoms with van der Waals surface area (Å²) >= 11 is 8.55. The van der Waals surface area contributed by atoms with Gasteiger partial charge in [-0.15, -0.1) is 11.3 Å². The fourth-order valence-corrected chi connectivity index (χ4v) is 11.3. The molecule has 416 valence electrons. The first-order valence-corrected chi connectivity index (χ1v) is 27.5. The van der Waals surface area contributed by atoms with Gasteiger partial charge in [0.1, 0.15) is 35.7 Å². The minimum atomic E-state index is -0.891. The smallest absolute Gasteiger partial charge is 0.254 e. The number of carbonyl (C=O) groups excluding carboxylic acids is 4. The van der Waals surface area contributed by atoms with E-state index in [2.05, 4.69) is 15.5 Å². The summed E-state index contributed by atoms with van der Waals surface area (Å²) in [5.41, 5.74) is 5.10. The number of aromatic nitrogens is 4. The van der Waals surface area contributed by atoms with Crippen LogP contribution in [0, 0.1) is 18.7 Å². The molecule has 22 heteroatoms. The van der Waals surface area contributed by atoms with Crippen LogP contribution in [0.2, 0.25) is 5.02 Å². The van der Waals surface area contributed by atoms with Gasteiger partial charge in [0.05, 0.1) is 40.4 Å². The average molecular weight is 1120 g/mol. The molecule has 2 aliphatic rings. The molecule has 4 amide bonds. The lowest BCUT2D eigenvalue weighted by Crippen LogP contribution is -2.48. The molecular formula is C57H64ClFN10O9S. The Hall–Kier alpha value is -7.46. The number of benzene rings is 4. The maximum absolute atomic E-state index is 17.5. The Morgan fingerprint density at radius 2 is 1.72 bits per heavy atom. The van der Waals surface area contributed by atoms with Crippen molar-refractivity contribution < 1.29 is 47.8 Å². The van der Waals surface area contributed by atoms with Gasteiger partial charge >= 0.3 is 0 Å². The third-order valence-electron chi connectivity index (χ3n) is 14.4. The molecular weight excluding hydrogens is 1060 g/mol. The van der Waals surface area contributed by atoms with E-state index >= 15 is 4.39 Å². The zero-order valence-electron chi connectivity index (χ0n) is 44.9. The number of aryl methyl sites for hydroxylation is 1. The lowest BCUT2D eigenvalue weighted by Gasteiger charge is -2.36. The molecule has 19 nitrogen and oxygen atoms in total. The van der Waals surface area contributed by atoms with Crippen LogP contribution in [-0.4, -0.2) is 161 Å². The summed E-state index contributed by atoms with van der Waals surface area (Å²) in [7, 11) is 3.32. The van der Waals surface area contributed by atoms with Crippen LogP contribution in [0.3, 0.4) is 0 Å². The highest BCUT2D eigenvalue weighted by Crippen LogP contribution is 2.43. The monoisotopic (exact) mass is 1120 g/mol. The number of nitrogens with zero attached hydrogens (tertiary/aromatic N) is 9. The van der Waals surface area contributed by atoms with Gasteiger partial charge in [0.2, 0.25) is 29.6 Å². The van der Waals surface area contributed by atoms with Crippen LogP contribution in [-0.2, 0) is 30.5 Å². The van der Waals surface area contributed by atoms with Crippen molar-refractivity contribution in [2.24, 2.45) is 5.92 Å². The Balaban J connectivity index is 0.874. The molecule has 79 heavy (non-hydrogen) atoms. The number of fused-ring (bicyclic) bond motifs is 2. The van der Waals surface area contributed by atoms with Crippen molar-refractivity contribution >= 4 is 80.0 Å². The molecule has 0 bridgehead atoms. The predicted octanol–water partition coefficient (Wildman–Crippen LogP) is 7.43. The van der Waals surface area contributed by atoms with Crippen molar-refractivity contribution in [3.8, 4) is 33.2 Å². The van der Waals surface area contributed by atoms with E-state index in [1.165, 1.54) is 22.8 Å². The molecule has 0 radical (unpaired) electrons. The number of ether oxygens (including phenoxy) is 2. The van der Waals surface area contributed by atoms with Gasteiger partial charge in [-0.2, -0.15) is 4.98 Å². The van der Waals surface area contributed by atoms with E-state index in [4.69, 9.17) is 35.6 Å². The maximum atomic E-state index is 17.5. The van der Waals surface area contributed by atoms with Gasteiger partial charge in [0.25, 0.3) is 5.88 Å². The number of amides is 4. The van der Waals surface area contributed by atoms with E-state index in [0.29, 0.717) is 53.7 Å². The summed E-state index contributed by atoms with van der Waals surface area (Å²) < 4.78 is 35.1. The number of hydrogen-bond acceptors (Lipinski definition) is 16. The van der Waals surface area contributed by atoms with Crippen LogP contribution in [0.1, 0.15) is 56.5 Å². The number of nitrogens with one attached hydrogen (secondary N) is 1. The number of anilines is 2. The zero-order chi connectivity index (χ0) is 56.1. The predicted molar refractivity (Wildman–Crippen MR) is 300 cm³/mol. The van der Waals surface area contributed by atoms with Crippen LogP contribution < -0.4 is 19.9 Å². The number of phenolic OH excluding ortho intramolecular Hbond substituents is 1. The van der Waals surface area contributed by atoms with E-state index < -0.39 is 23.9 Å². The van der Waals surface area contributed by atoms with Crippen molar-refractivity contribution in [1.82, 2.24) is 40.1 Å². The summed E-state index contributed by atoms with van der Waals surface area (Å²) in [4.78, 5) is 76.9. The van der Waals surface area contributed by atoms with Crippen LogP contribution >= 0.6 is 22.9 Å². The fourth-order valence-electron chi connectivity index (χ4n) is 10.1. The number of rotatable bonds is 20. The Morgan fingerprint density at radius 3 is 2.43 bits per heavy atom. The second-order valence-electron chi connectivity index (χ2n) is 20.4. The number of phenols is 1. The number of thiazole rings is 1. The first-order chi connectivity index (χ1) is 37.9. The molecule has 2 aliphatic heterocycles. The van der Waals surface area contributed by atoms with E-state index in [-0.39, 0.29) is 128 Å². The van der Waals surface area contributed by atoms with Crippen molar-refractivity contribution in [2.45, 2.75) is 65.1 Å². The number of aromatic hydroxyl groups is 1. The lowest BCUT2D eigenvalue weighted by molar-refractivity contribution is -0.141. The van der Waals surface area contributed by atoms with Crippen LogP contribution in [0.4, 0.5) is 16.2 Å². The normalized spacial score (nSPS) is 16.0. The first kappa shape index (κ1) is 56.3. The highest BCUT2D eigenvalue weighted by molar-refractivity contribution is 7.13. The van der Waals surface area contributed by atoms with Crippen molar-refractivity contribution in [3.05, 3.63) is 106 Å². The Morgan fingerprint density at radius 1 is 0.962 bits per heavy atom. The molecule has 3 aromatic heterocycles. The molecule has 0 saturated carbocycles. The van der Waals surface area contributed by atoms with Crippen LogP contribution in [0.25, 0.3) is 43.2 Å². The summed E-state index contributed by atoms with van der Waals surface area (Å²) in [6.07, 6.45) is -0.713. The summed E-state index contributed by atoms with van der Waals surface area (Å²) in [6, 6.07) is 20.5. The molecule has 3 atom stereocenters. The maximum Gasteiger partial charge on any atom is 0.254 e. The minimum Gasteiger partial charge on any atom is -0.508 e. The van der Waals surface area contributed by atoms with Gasteiger partial charge in [0.15, 0.2) is 11.6 Å². The second-order valence-corrected chi connectivity index (χ2v) is 21.6. The summed E-state index contributed by atoms with van der Waals surface area (Å²) in [5, 5.41) is 30.3. The minimum absolute atomic E-state index is 0.0143. The lowest BCUT2D eigenvalue weighted by atomic mass is 9.91. The molecule has 3 N–H and O–H groups in total. The average Bonchev–Trinajstić information content (AvgIpc) is 4.37. The largest absolute Gasteiger partial charge is 0.508 e. The number of carbonyl (C=O) groups is 4. The summed E-state index contributed by atoms with van der Waals surface area (Å²) in [6.45, 7) is 9.66. The molecule has 2 fully saturated rings.